The maximum atomic E-state index is 2.33. The van der Waals surface area contributed by atoms with E-state index in [-0.39, 0.29) is 0 Å². The molecule has 1 heterocycles. The molecule has 0 N–H and O–H groups in total. The summed E-state index contributed by atoms with van der Waals surface area (Å²) in [4.78, 5) is 2.14. The van der Waals surface area contributed by atoms with Gasteiger partial charge in [0, 0.05) is 43.4 Å². The summed E-state index contributed by atoms with van der Waals surface area (Å²) < 4.78 is 2.33. The molecule has 0 aliphatic heterocycles. The van der Waals surface area contributed by atoms with Gasteiger partial charge in [-0.2, -0.15) is 0 Å². The summed E-state index contributed by atoms with van der Waals surface area (Å²) in [6.07, 6.45) is 2.18. The second-order valence-electron chi connectivity index (χ2n) is 5.00. The molecule has 16 heavy (non-hydrogen) atoms. The van der Waals surface area contributed by atoms with Gasteiger partial charge in [0.1, 0.15) is 0 Å². The molecule has 1 aromatic heterocycles. The number of benzene rings is 1. The fourth-order valence-electron chi connectivity index (χ4n) is 2.02. The van der Waals surface area contributed by atoms with Crippen molar-refractivity contribution in [1.29, 1.82) is 0 Å². The highest BCUT2D eigenvalue weighted by atomic mass is 15.1. The van der Waals surface area contributed by atoms with Crippen molar-refractivity contribution in [2.45, 2.75) is 20.4 Å². The van der Waals surface area contributed by atoms with E-state index >= 15 is 0 Å². The van der Waals surface area contributed by atoms with Crippen LogP contribution in [0.15, 0.2) is 30.5 Å². The second kappa shape index (κ2) is 4.20. The summed E-state index contributed by atoms with van der Waals surface area (Å²) in [6, 6.07) is 8.84. The average molecular weight is 216 g/mol. The van der Waals surface area contributed by atoms with Crippen LogP contribution in [-0.2, 0) is 6.54 Å². The Morgan fingerprint density at radius 1 is 1.19 bits per heavy atom. The Morgan fingerprint density at radius 2 is 1.94 bits per heavy atom. The molecule has 0 fully saturated rings. The van der Waals surface area contributed by atoms with Crippen molar-refractivity contribution in [3.63, 3.8) is 0 Å². The Labute approximate surface area is 97.5 Å². The van der Waals surface area contributed by atoms with Crippen molar-refractivity contribution in [3.8, 4) is 0 Å². The SMILES string of the molecule is CC(C)Cn1ccc2cc(N(C)C)ccc21. The first-order chi connectivity index (χ1) is 7.58. The van der Waals surface area contributed by atoms with Crippen LogP contribution in [0.1, 0.15) is 13.8 Å². The predicted octanol–water partition coefficient (Wildman–Crippen LogP) is 3.36. The van der Waals surface area contributed by atoms with Gasteiger partial charge in [0.05, 0.1) is 0 Å². The highest BCUT2D eigenvalue weighted by Crippen LogP contribution is 2.22. The van der Waals surface area contributed by atoms with E-state index in [4.69, 9.17) is 0 Å². The van der Waals surface area contributed by atoms with Crippen LogP contribution in [-0.4, -0.2) is 18.7 Å². The zero-order chi connectivity index (χ0) is 11.7. The molecular formula is C14H20N2. The highest BCUT2D eigenvalue weighted by molar-refractivity contribution is 5.83. The molecule has 2 aromatic rings. The topological polar surface area (TPSA) is 8.17 Å². The van der Waals surface area contributed by atoms with Crippen LogP contribution >= 0.6 is 0 Å². The molecule has 2 nitrogen and oxygen atoms in total. The first-order valence-corrected chi connectivity index (χ1v) is 5.84. The van der Waals surface area contributed by atoms with Gasteiger partial charge in [0.15, 0.2) is 0 Å². The van der Waals surface area contributed by atoms with E-state index in [0.29, 0.717) is 5.92 Å². The molecule has 0 aliphatic rings. The van der Waals surface area contributed by atoms with Gasteiger partial charge in [-0.25, -0.2) is 0 Å². The molecule has 0 saturated carbocycles. The molecule has 86 valence electrons. The van der Waals surface area contributed by atoms with Gasteiger partial charge in [-0.05, 0) is 30.2 Å². The maximum Gasteiger partial charge on any atom is 0.0481 e. The number of rotatable bonds is 3. The van der Waals surface area contributed by atoms with Crippen molar-refractivity contribution >= 4 is 16.6 Å². The van der Waals surface area contributed by atoms with Crippen molar-refractivity contribution in [2.75, 3.05) is 19.0 Å². The minimum absolute atomic E-state index is 0.684. The summed E-state index contributed by atoms with van der Waals surface area (Å²) in [7, 11) is 4.15. The minimum atomic E-state index is 0.684. The molecule has 0 spiro atoms. The quantitative estimate of drug-likeness (QED) is 0.763. The van der Waals surface area contributed by atoms with E-state index < -0.39 is 0 Å². The van der Waals surface area contributed by atoms with E-state index in [2.05, 4.69) is 67.9 Å². The van der Waals surface area contributed by atoms with Crippen LogP contribution in [0.2, 0.25) is 0 Å². The van der Waals surface area contributed by atoms with E-state index in [1.807, 2.05) is 0 Å². The van der Waals surface area contributed by atoms with Gasteiger partial charge in [-0.15, -0.1) is 0 Å². The average Bonchev–Trinajstić information content (AvgIpc) is 2.60. The first kappa shape index (κ1) is 11.1. The van der Waals surface area contributed by atoms with E-state index in [0.717, 1.165) is 6.54 Å². The molecular weight excluding hydrogens is 196 g/mol. The predicted molar refractivity (Wildman–Crippen MR) is 71.1 cm³/mol. The van der Waals surface area contributed by atoms with Gasteiger partial charge >= 0.3 is 0 Å². The van der Waals surface area contributed by atoms with E-state index in [1.165, 1.54) is 16.6 Å². The van der Waals surface area contributed by atoms with E-state index in [9.17, 15) is 0 Å². The lowest BCUT2D eigenvalue weighted by Gasteiger charge is -2.13. The smallest absolute Gasteiger partial charge is 0.0481 e. The van der Waals surface area contributed by atoms with Crippen molar-refractivity contribution in [1.82, 2.24) is 4.57 Å². The molecule has 0 bridgehead atoms. The fraction of sp³-hybridized carbons (Fsp3) is 0.429. The second-order valence-corrected chi connectivity index (χ2v) is 5.00. The van der Waals surface area contributed by atoms with Gasteiger partial charge in [0.25, 0.3) is 0 Å². The zero-order valence-electron chi connectivity index (χ0n) is 10.6. The molecule has 0 amide bonds. The number of hydrogen-bond acceptors (Lipinski definition) is 1. The Hall–Kier alpha value is -1.44. The Balaban J connectivity index is 2.42. The third-order valence-corrected chi connectivity index (χ3v) is 2.83. The number of fused-ring (bicyclic) bond motifs is 1. The number of hydrogen-bond donors (Lipinski definition) is 0. The normalized spacial score (nSPS) is 11.3. The van der Waals surface area contributed by atoms with Crippen LogP contribution in [0.4, 0.5) is 5.69 Å². The molecule has 0 atom stereocenters. The molecule has 0 aliphatic carbocycles. The third-order valence-electron chi connectivity index (χ3n) is 2.83. The lowest BCUT2D eigenvalue weighted by Crippen LogP contribution is -2.08. The Bertz CT molecular complexity index is 480. The van der Waals surface area contributed by atoms with Gasteiger partial charge < -0.3 is 9.47 Å². The monoisotopic (exact) mass is 216 g/mol. The number of aromatic nitrogens is 1. The van der Waals surface area contributed by atoms with Gasteiger partial charge in [0.2, 0.25) is 0 Å². The lowest BCUT2D eigenvalue weighted by molar-refractivity contribution is 0.535. The highest BCUT2D eigenvalue weighted by Gasteiger charge is 2.04. The number of anilines is 1. The standard InChI is InChI=1S/C14H20N2/c1-11(2)10-16-8-7-12-9-13(15(3)4)5-6-14(12)16/h5-9,11H,10H2,1-4H3. The molecule has 0 radical (unpaired) electrons. The zero-order valence-corrected chi connectivity index (χ0v) is 10.6. The van der Waals surface area contributed by atoms with Crippen molar-refractivity contribution < 1.29 is 0 Å². The van der Waals surface area contributed by atoms with Gasteiger partial charge in [-0.3, -0.25) is 0 Å². The molecule has 2 rings (SSSR count). The van der Waals surface area contributed by atoms with Crippen LogP contribution < -0.4 is 4.90 Å². The van der Waals surface area contributed by atoms with Crippen LogP contribution in [0.25, 0.3) is 10.9 Å². The largest absolute Gasteiger partial charge is 0.378 e. The molecule has 0 unspecified atom stereocenters. The van der Waals surface area contributed by atoms with Crippen molar-refractivity contribution in [2.24, 2.45) is 5.92 Å². The Kier molecular flexibility index (Phi) is 2.90. The van der Waals surface area contributed by atoms with Crippen LogP contribution in [0.3, 0.4) is 0 Å². The minimum Gasteiger partial charge on any atom is -0.378 e. The van der Waals surface area contributed by atoms with Crippen LogP contribution in [0, 0.1) is 5.92 Å². The number of nitrogens with zero attached hydrogens (tertiary/aromatic N) is 2. The van der Waals surface area contributed by atoms with Gasteiger partial charge in [-0.1, -0.05) is 13.8 Å². The summed E-state index contributed by atoms with van der Waals surface area (Å²) in [5, 5.41) is 1.33. The summed E-state index contributed by atoms with van der Waals surface area (Å²) >= 11 is 0. The first-order valence-electron chi connectivity index (χ1n) is 5.84. The van der Waals surface area contributed by atoms with Crippen LogP contribution in [0.5, 0.6) is 0 Å². The summed E-state index contributed by atoms with van der Waals surface area (Å²) in [6.45, 7) is 5.59. The summed E-state index contributed by atoms with van der Waals surface area (Å²) in [5.41, 5.74) is 2.59. The maximum absolute atomic E-state index is 2.33. The Morgan fingerprint density at radius 3 is 2.56 bits per heavy atom. The van der Waals surface area contributed by atoms with Crippen molar-refractivity contribution in [3.05, 3.63) is 30.5 Å². The van der Waals surface area contributed by atoms with E-state index in [1.54, 1.807) is 0 Å². The molecule has 1 aromatic carbocycles. The fourth-order valence-corrected chi connectivity index (χ4v) is 2.02. The third kappa shape index (κ3) is 2.06. The lowest BCUT2D eigenvalue weighted by atomic mass is 10.2. The summed E-state index contributed by atoms with van der Waals surface area (Å²) in [5.74, 6) is 0.684. The molecule has 0 saturated heterocycles. The molecule has 2 heteroatoms.